The Balaban J connectivity index is 0.672. The largest absolute Gasteiger partial charge is 0.385 e. The number of nitrogens with zero attached hydrogens (tertiary/aromatic N) is 8. The fraction of sp³-hybridized carbons (Fsp3) is 0.592. The zero-order valence-corrected chi connectivity index (χ0v) is 39.1. The summed E-state index contributed by atoms with van der Waals surface area (Å²) in [6, 6.07) is 9.63. The summed E-state index contributed by atoms with van der Waals surface area (Å²) in [6.45, 7) is 16.2. The van der Waals surface area contributed by atoms with E-state index in [0.717, 1.165) is 114 Å². The number of likely N-dealkylation sites (tertiary alicyclic amines) is 1. The first-order chi connectivity index (χ1) is 32.3. The number of aromatic nitrogens is 2. The van der Waals surface area contributed by atoms with Crippen LogP contribution >= 0.6 is 0 Å². The summed E-state index contributed by atoms with van der Waals surface area (Å²) < 4.78 is 31.2. The monoisotopic (exact) mass is 925 g/mol. The SMILES string of the molecule is CC1(C)CCN(Cc2cc(F)c(N3CC(=O)NC4(CCN(c5cc(NCCCN6CCN(CCCNc7cccc8c7CN(C7CCC(=O)NC7=O)C8=O)CC6)ncn5)CC4)C3)cc2F)CC1. The van der Waals surface area contributed by atoms with E-state index in [1.54, 1.807) is 16.1 Å². The number of benzene rings is 2. The van der Waals surface area contributed by atoms with E-state index in [-0.39, 0.29) is 41.8 Å². The van der Waals surface area contributed by atoms with Crippen LogP contribution in [-0.2, 0) is 27.5 Å². The smallest absolute Gasteiger partial charge is 0.255 e. The third kappa shape index (κ3) is 11.0. The Morgan fingerprint density at radius 1 is 0.761 bits per heavy atom. The van der Waals surface area contributed by atoms with Gasteiger partial charge in [0.05, 0.1) is 17.8 Å². The molecule has 18 heteroatoms. The molecule has 0 saturated carbocycles. The van der Waals surface area contributed by atoms with E-state index in [2.05, 4.69) is 64.7 Å². The van der Waals surface area contributed by atoms with Gasteiger partial charge in [0.1, 0.15) is 35.6 Å². The predicted octanol–water partition coefficient (Wildman–Crippen LogP) is 4.04. The normalized spacial score (nSPS) is 22.5. The van der Waals surface area contributed by atoms with Gasteiger partial charge in [0.2, 0.25) is 17.7 Å². The molecule has 2 aromatic carbocycles. The van der Waals surface area contributed by atoms with Crippen LogP contribution in [0.3, 0.4) is 0 Å². The van der Waals surface area contributed by atoms with Crippen molar-refractivity contribution in [3.63, 3.8) is 0 Å². The van der Waals surface area contributed by atoms with E-state index in [9.17, 15) is 19.2 Å². The number of hydrogen-bond donors (Lipinski definition) is 4. The van der Waals surface area contributed by atoms with Crippen molar-refractivity contribution in [1.29, 1.82) is 0 Å². The maximum atomic E-state index is 15.7. The number of halogens is 2. The molecule has 7 heterocycles. The van der Waals surface area contributed by atoms with E-state index in [4.69, 9.17) is 0 Å². The first-order valence-electron chi connectivity index (χ1n) is 24.3. The number of imide groups is 1. The molecule has 4 N–H and O–H groups in total. The summed E-state index contributed by atoms with van der Waals surface area (Å²) in [5.74, 6) is -0.372. The highest BCUT2D eigenvalue weighted by molar-refractivity contribution is 6.06. The maximum absolute atomic E-state index is 15.7. The number of amides is 4. The molecule has 0 radical (unpaired) electrons. The second-order valence-corrected chi connectivity index (χ2v) is 20.2. The Hall–Kier alpha value is -5.46. The van der Waals surface area contributed by atoms with Crippen molar-refractivity contribution < 1.29 is 28.0 Å². The molecule has 1 atom stereocenters. The van der Waals surface area contributed by atoms with Gasteiger partial charge in [0.15, 0.2) is 0 Å². The lowest BCUT2D eigenvalue weighted by Crippen LogP contribution is -2.66. The van der Waals surface area contributed by atoms with Crippen LogP contribution in [0.4, 0.5) is 31.8 Å². The van der Waals surface area contributed by atoms with Crippen LogP contribution in [0.25, 0.3) is 0 Å². The summed E-state index contributed by atoms with van der Waals surface area (Å²) in [4.78, 5) is 72.1. The number of rotatable bonds is 15. The highest BCUT2D eigenvalue weighted by atomic mass is 19.1. The first-order valence-corrected chi connectivity index (χ1v) is 24.3. The molecular formula is C49H66F2N12O4. The van der Waals surface area contributed by atoms with Crippen LogP contribution in [0.5, 0.6) is 0 Å². The Morgan fingerprint density at radius 3 is 2.19 bits per heavy atom. The molecule has 3 aromatic rings. The number of piperazine rings is 2. The number of carbonyl (C=O) groups is 4. The third-order valence-electron chi connectivity index (χ3n) is 15.0. The molecule has 9 rings (SSSR count). The minimum atomic E-state index is -0.624. The van der Waals surface area contributed by atoms with Crippen molar-refractivity contribution in [2.45, 2.75) is 89.9 Å². The first kappa shape index (κ1) is 46.6. The van der Waals surface area contributed by atoms with Gasteiger partial charge in [0.25, 0.3) is 5.91 Å². The molecule has 5 fully saturated rings. The lowest BCUT2D eigenvalue weighted by atomic mass is 9.82. The van der Waals surface area contributed by atoms with E-state index in [0.29, 0.717) is 63.1 Å². The number of hydrogen-bond acceptors (Lipinski definition) is 13. The average Bonchev–Trinajstić information content (AvgIpc) is 3.65. The number of carbonyl (C=O) groups excluding carboxylic acids is 4. The van der Waals surface area contributed by atoms with Gasteiger partial charge in [-0.15, -0.1) is 0 Å². The van der Waals surface area contributed by atoms with Crippen molar-refractivity contribution >= 4 is 46.6 Å². The van der Waals surface area contributed by atoms with E-state index in [1.165, 1.54) is 12.1 Å². The lowest BCUT2D eigenvalue weighted by molar-refractivity contribution is -0.137. The molecule has 5 saturated heterocycles. The molecule has 1 unspecified atom stereocenters. The molecule has 4 amide bonds. The Morgan fingerprint density at radius 2 is 1.48 bits per heavy atom. The van der Waals surface area contributed by atoms with Crippen LogP contribution < -0.4 is 31.1 Å². The van der Waals surface area contributed by atoms with Crippen LogP contribution in [0.1, 0.15) is 86.7 Å². The quantitative estimate of drug-likeness (QED) is 0.128. The van der Waals surface area contributed by atoms with Gasteiger partial charge in [-0.3, -0.25) is 29.4 Å². The molecule has 0 bridgehead atoms. The van der Waals surface area contributed by atoms with Crippen LogP contribution in [-0.4, -0.2) is 156 Å². The van der Waals surface area contributed by atoms with Crippen molar-refractivity contribution in [3.8, 4) is 0 Å². The zero-order valence-electron chi connectivity index (χ0n) is 39.1. The number of piperidine rings is 3. The topological polar surface area (TPSA) is 162 Å². The molecule has 1 spiro atoms. The van der Waals surface area contributed by atoms with Gasteiger partial charge < -0.3 is 40.4 Å². The highest BCUT2D eigenvalue weighted by Gasteiger charge is 2.43. The second kappa shape index (κ2) is 20.0. The second-order valence-electron chi connectivity index (χ2n) is 20.2. The third-order valence-corrected chi connectivity index (χ3v) is 15.0. The van der Waals surface area contributed by atoms with Gasteiger partial charge in [-0.1, -0.05) is 19.9 Å². The van der Waals surface area contributed by atoms with Gasteiger partial charge in [0, 0.05) is 113 Å². The standard InChI is InChI=1S/C49H66F2N12O4/c1-48(2)10-18-60(19-11-48)29-34-26-38(51)41(27-37(34)50)62-31-45(65)57-49(32-62)12-20-61(21-13-49)43-28-42(54-33-55-43)53-15-5-17-59-24-22-58(23-25-59)16-4-14-52-39-7-3-6-35-36(39)30-63(47(35)67)40-8-9-44(64)56-46(40)66/h3,6-7,26-28,33,40,52H,4-5,8-25,29-32H2,1-2H3,(H,57,65)(H,53,54,55)(H,56,64,66). The van der Waals surface area contributed by atoms with E-state index < -0.39 is 29.1 Å². The lowest BCUT2D eigenvalue weighted by Gasteiger charge is -2.48. The summed E-state index contributed by atoms with van der Waals surface area (Å²) in [5.41, 5.74) is 2.67. The number of fused-ring (bicyclic) bond motifs is 1. The summed E-state index contributed by atoms with van der Waals surface area (Å²) in [5, 5.41) is 12.6. The van der Waals surface area contributed by atoms with Crippen LogP contribution in [0.15, 0.2) is 42.7 Å². The van der Waals surface area contributed by atoms with Crippen molar-refractivity contribution in [1.82, 2.24) is 40.2 Å². The number of nitrogens with one attached hydrogen (secondary N) is 4. The van der Waals surface area contributed by atoms with Crippen molar-refractivity contribution in [3.05, 3.63) is 71.1 Å². The predicted molar refractivity (Wildman–Crippen MR) is 253 cm³/mol. The summed E-state index contributed by atoms with van der Waals surface area (Å²) >= 11 is 0. The minimum Gasteiger partial charge on any atom is -0.385 e. The molecule has 67 heavy (non-hydrogen) atoms. The number of anilines is 4. The minimum absolute atomic E-state index is 0.0141. The Labute approximate surface area is 392 Å². The summed E-state index contributed by atoms with van der Waals surface area (Å²) in [6.07, 6.45) is 7.45. The molecule has 16 nitrogen and oxygen atoms in total. The Bertz CT molecular complexity index is 2310. The van der Waals surface area contributed by atoms with Crippen molar-refractivity contribution in [2.75, 3.05) is 112 Å². The van der Waals surface area contributed by atoms with Gasteiger partial charge >= 0.3 is 0 Å². The average molecular weight is 925 g/mol. The maximum Gasteiger partial charge on any atom is 0.255 e. The molecular weight excluding hydrogens is 859 g/mol. The van der Waals surface area contributed by atoms with Gasteiger partial charge in [-0.25, -0.2) is 18.7 Å². The summed E-state index contributed by atoms with van der Waals surface area (Å²) in [7, 11) is 0. The van der Waals surface area contributed by atoms with Gasteiger partial charge in [-0.2, -0.15) is 0 Å². The molecule has 360 valence electrons. The van der Waals surface area contributed by atoms with E-state index >= 15 is 8.78 Å². The van der Waals surface area contributed by atoms with E-state index in [1.807, 2.05) is 24.3 Å². The fourth-order valence-corrected chi connectivity index (χ4v) is 10.7. The van der Waals surface area contributed by atoms with Crippen LogP contribution in [0.2, 0.25) is 0 Å². The highest BCUT2D eigenvalue weighted by Crippen LogP contribution is 2.35. The van der Waals surface area contributed by atoms with Crippen molar-refractivity contribution in [2.24, 2.45) is 5.41 Å². The zero-order chi connectivity index (χ0) is 46.7. The molecule has 6 aliphatic heterocycles. The van der Waals surface area contributed by atoms with Gasteiger partial charge in [-0.05, 0) is 94.7 Å². The molecule has 6 aliphatic rings. The fourth-order valence-electron chi connectivity index (χ4n) is 10.7. The molecule has 0 aliphatic carbocycles. The Kier molecular flexibility index (Phi) is 13.9. The molecule has 1 aromatic heterocycles. The van der Waals surface area contributed by atoms with Crippen LogP contribution in [0, 0.1) is 17.0 Å².